The molecule has 1 nitrogen and oxygen atoms in total. The van der Waals surface area contributed by atoms with E-state index < -0.39 is 0 Å². The molecule has 0 amide bonds. The molecule has 4 heteroatoms. The zero-order valence-electron chi connectivity index (χ0n) is 2.01. The van der Waals surface area contributed by atoms with Gasteiger partial charge in [-0.25, -0.2) is 0 Å². The van der Waals surface area contributed by atoms with Crippen LogP contribution in [0.15, 0.2) is 0 Å². The second-order valence-corrected chi connectivity index (χ2v) is 0. The van der Waals surface area contributed by atoms with Crippen LogP contribution in [0.4, 0.5) is 0 Å². The van der Waals surface area contributed by atoms with Crippen molar-refractivity contribution < 1.29 is 31.3 Å². The van der Waals surface area contributed by atoms with Crippen molar-refractivity contribution in [1.29, 1.82) is 0 Å². The number of hydrogen-bond acceptors (Lipinski definition) is 0. The number of rotatable bonds is 0. The van der Waals surface area contributed by atoms with Crippen LogP contribution in [-0.4, -0.2) is 46.0 Å². The monoisotopic (exact) mass is 339 g/mol. The van der Waals surface area contributed by atoms with Crippen LogP contribution in [0, 0.1) is 0 Å². The van der Waals surface area contributed by atoms with Gasteiger partial charge in [-0.1, -0.05) is 0 Å². The molecule has 0 aromatic heterocycles. The normalized spacial score (nSPS) is 0. The predicted octanol–water partition coefficient (Wildman–Crippen LogP) is -0.883. The Balaban J connectivity index is 0. The summed E-state index contributed by atoms with van der Waals surface area (Å²) in [5.41, 5.74) is 0. The van der Waals surface area contributed by atoms with Gasteiger partial charge in [0.1, 0.15) is 0 Å². The first kappa shape index (κ1) is 32.9. The van der Waals surface area contributed by atoms with Gasteiger partial charge in [-0.05, 0) is 0 Å². The van der Waals surface area contributed by atoms with Gasteiger partial charge in [-0.3, -0.25) is 0 Å². The second-order valence-electron chi connectivity index (χ2n) is 0. The van der Waals surface area contributed by atoms with Crippen LogP contribution in [0.3, 0.4) is 0 Å². The van der Waals surface area contributed by atoms with Crippen molar-refractivity contribution in [3.8, 4) is 0 Å². The summed E-state index contributed by atoms with van der Waals surface area (Å²) < 4.78 is 0. The third-order valence-electron chi connectivity index (χ3n) is 0. The minimum absolute atomic E-state index is 0. The molecule has 0 N–H and O–H groups in total. The molecular weight excluding hydrogens is 340 g/mol. The Morgan fingerprint density at radius 1 is 1.00 bits per heavy atom. The van der Waals surface area contributed by atoms with E-state index in [1.807, 2.05) is 0 Å². The minimum Gasteiger partial charge on any atom is -2.00 e. The Kier molecular flexibility index (Phi) is 151. The molecule has 2 radical (unpaired) electrons. The van der Waals surface area contributed by atoms with E-state index in [4.69, 9.17) is 0 Å². The molecule has 0 aliphatic carbocycles. The summed E-state index contributed by atoms with van der Waals surface area (Å²) in [5.74, 6) is 0. The van der Waals surface area contributed by atoms with E-state index in [1.165, 1.54) is 0 Å². The van der Waals surface area contributed by atoms with Gasteiger partial charge >= 0.3 is 71.8 Å². The van der Waals surface area contributed by atoms with Crippen molar-refractivity contribution in [2.24, 2.45) is 0 Å². The molecule has 0 spiro atoms. The van der Waals surface area contributed by atoms with Crippen molar-refractivity contribution in [2.75, 3.05) is 0 Å². The first-order valence-electron chi connectivity index (χ1n) is 0. The van der Waals surface area contributed by atoms with Gasteiger partial charge in [0.15, 0.2) is 0 Å². The van der Waals surface area contributed by atoms with Gasteiger partial charge in [-0.15, -0.1) is 0 Å². The number of hydrogen-bond donors (Lipinski definition) is 0. The van der Waals surface area contributed by atoms with Crippen molar-refractivity contribution in [2.45, 2.75) is 0 Å². The van der Waals surface area contributed by atoms with E-state index in [9.17, 15) is 0 Å². The molecule has 0 saturated heterocycles. The van der Waals surface area contributed by atoms with Crippen LogP contribution in [0.25, 0.3) is 0 Å². The summed E-state index contributed by atoms with van der Waals surface area (Å²) in [4.78, 5) is 0. The molecule has 4 heavy (non-hydrogen) atoms. The van der Waals surface area contributed by atoms with E-state index in [2.05, 4.69) is 0 Å². The Labute approximate surface area is 76.2 Å². The second kappa shape index (κ2) is 18.3. The summed E-state index contributed by atoms with van der Waals surface area (Å²) in [6.07, 6.45) is 0. The van der Waals surface area contributed by atoms with Crippen LogP contribution < -0.4 is 0 Å². The molecule has 0 bridgehead atoms. The first-order valence-corrected chi connectivity index (χ1v) is 0. The average Bonchev–Trinajstić information content (AvgIpc) is 0. The standard InChI is InChI=1S/Bi.Ga.O.Sc/q2*+3;-2;+3. The fourth-order valence-electron chi connectivity index (χ4n) is 0. The largest absolute Gasteiger partial charge is 3.00 e. The van der Waals surface area contributed by atoms with Crippen LogP contribution in [0.2, 0.25) is 0 Å². The molecule has 0 unspecified atom stereocenters. The zero-order chi connectivity index (χ0) is 0. The van der Waals surface area contributed by atoms with Crippen molar-refractivity contribution in [3.05, 3.63) is 0 Å². The average molecular weight is 340 g/mol. The summed E-state index contributed by atoms with van der Waals surface area (Å²) in [7, 11) is 0. The van der Waals surface area contributed by atoms with Crippen molar-refractivity contribution >= 4 is 46.0 Å². The van der Waals surface area contributed by atoms with Gasteiger partial charge in [0, 0.05) is 0 Å². The summed E-state index contributed by atoms with van der Waals surface area (Å²) in [6.45, 7) is 0. The van der Waals surface area contributed by atoms with E-state index in [1.54, 1.807) is 0 Å². The SMILES string of the molecule is [Bi+3].[Ga+3].[O-2].[Sc+3]. The Morgan fingerprint density at radius 2 is 1.00 bits per heavy atom. The molecule has 0 aliphatic rings. The van der Waals surface area contributed by atoms with Crippen LogP contribution in [0.5, 0.6) is 0 Å². The molecule has 0 saturated carbocycles. The predicted molar refractivity (Wildman–Crippen MR) is 12.2 cm³/mol. The van der Waals surface area contributed by atoms with Crippen LogP contribution in [0.1, 0.15) is 0 Å². The van der Waals surface area contributed by atoms with Crippen molar-refractivity contribution in [1.82, 2.24) is 0 Å². The van der Waals surface area contributed by atoms with Gasteiger partial charge in [0.25, 0.3) is 0 Å². The topological polar surface area (TPSA) is 28.5 Å². The van der Waals surface area contributed by atoms with Gasteiger partial charge < -0.3 is 5.48 Å². The third-order valence-corrected chi connectivity index (χ3v) is 0. The quantitative estimate of drug-likeness (QED) is 0.513. The van der Waals surface area contributed by atoms with E-state index in [0.717, 1.165) is 0 Å². The maximum Gasteiger partial charge on any atom is 3.00 e. The summed E-state index contributed by atoms with van der Waals surface area (Å²) >= 11 is 0. The van der Waals surface area contributed by atoms with Crippen LogP contribution >= 0.6 is 0 Å². The maximum absolute atomic E-state index is 0. The minimum atomic E-state index is 0. The third kappa shape index (κ3) is 8.84. The first-order chi connectivity index (χ1) is 0. The Morgan fingerprint density at radius 3 is 1.00 bits per heavy atom. The van der Waals surface area contributed by atoms with Crippen LogP contribution in [-0.2, 0) is 31.3 Å². The molecule has 0 fully saturated rings. The molecule has 10 valence electrons. The van der Waals surface area contributed by atoms with E-state index >= 15 is 0 Å². The van der Waals surface area contributed by atoms with Gasteiger partial charge in [0.05, 0.1) is 0 Å². The zero-order valence-corrected chi connectivity index (χ0v) is 9.71. The van der Waals surface area contributed by atoms with Gasteiger partial charge in [-0.2, -0.15) is 0 Å². The fourth-order valence-corrected chi connectivity index (χ4v) is 0. The van der Waals surface area contributed by atoms with E-state index in [0.29, 0.717) is 0 Å². The van der Waals surface area contributed by atoms with Crippen molar-refractivity contribution in [3.63, 3.8) is 0 Å². The molecule has 0 rings (SSSR count). The molecular formula is BiGaOSc+7. The van der Waals surface area contributed by atoms with Gasteiger partial charge in [0.2, 0.25) is 0 Å². The molecule has 0 heterocycles. The summed E-state index contributed by atoms with van der Waals surface area (Å²) in [6, 6.07) is 0. The molecule has 0 aromatic carbocycles. The Hall–Kier alpha value is 2.35. The summed E-state index contributed by atoms with van der Waals surface area (Å²) in [5, 5.41) is 0. The molecule has 0 aliphatic heterocycles. The maximum atomic E-state index is 0. The fraction of sp³-hybridized carbons (Fsp3) is 0. The molecule has 0 aromatic rings. The van der Waals surface area contributed by atoms with E-state index in [-0.39, 0.29) is 77.3 Å². The smallest absolute Gasteiger partial charge is 2.00 e. The Bertz CT molecular complexity index is 8.00. The molecule has 0 atom stereocenters.